The Morgan fingerprint density at radius 1 is 1.29 bits per heavy atom. The molecule has 2 N–H and O–H groups in total. The van der Waals surface area contributed by atoms with Crippen molar-refractivity contribution >= 4 is 12.0 Å². The molecule has 2 amide bonds. The summed E-state index contributed by atoms with van der Waals surface area (Å²) < 4.78 is 4.98. The van der Waals surface area contributed by atoms with Crippen LogP contribution in [-0.2, 0) is 9.53 Å². The van der Waals surface area contributed by atoms with Gasteiger partial charge in [0.2, 0.25) is 0 Å². The average Bonchev–Trinajstić information content (AvgIpc) is 2.62. The van der Waals surface area contributed by atoms with Crippen LogP contribution in [0.1, 0.15) is 46.0 Å². The Balaban J connectivity index is 1.97. The first-order valence-electron chi connectivity index (χ1n) is 6.36. The van der Waals surface area contributed by atoms with Crippen LogP contribution in [0.4, 0.5) is 4.79 Å². The number of hydrogen-bond acceptors (Lipinski definition) is 3. The lowest BCUT2D eigenvalue weighted by Gasteiger charge is -2.13. The number of nitrogens with one attached hydrogen (secondary N) is 2. The summed E-state index contributed by atoms with van der Waals surface area (Å²) in [6, 6.07) is 0.375. The van der Waals surface area contributed by atoms with Gasteiger partial charge in [-0.05, 0) is 26.2 Å². The normalized spacial score (nSPS) is 23.1. The quantitative estimate of drug-likeness (QED) is 0.526. The molecule has 0 aromatic carbocycles. The van der Waals surface area contributed by atoms with E-state index in [0.29, 0.717) is 13.0 Å². The highest BCUT2D eigenvalue weighted by atomic mass is 16.5. The highest BCUT2D eigenvalue weighted by Crippen LogP contribution is 2.10. The number of ether oxygens (including phenoxy) is 1. The van der Waals surface area contributed by atoms with E-state index >= 15 is 0 Å². The standard InChI is InChI=1S/C12H22N2O3/c1-3-11(15)17-8-6-4-5-7-10-9(2)13-12(16)14-10/h9-10H,3-8H2,1-2H3,(H2,13,14,16)/t9-,10+/m0/s1. The summed E-state index contributed by atoms with van der Waals surface area (Å²) >= 11 is 0. The van der Waals surface area contributed by atoms with Crippen LogP contribution < -0.4 is 10.6 Å². The second-order valence-corrected chi connectivity index (χ2v) is 4.44. The largest absolute Gasteiger partial charge is 0.466 e. The number of carbonyl (C=O) groups is 2. The second kappa shape index (κ2) is 7.14. The zero-order valence-corrected chi connectivity index (χ0v) is 10.6. The smallest absolute Gasteiger partial charge is 0.315 e. The maximum Gasteiger partial charge on any atom is 0.315 e. The van der Waals surface area contributed by atoms with Crippen molar-refractivity contribution in [3.63, 3.8) is 0 Å². The molecule has 0 spiro atoms. The third kappa shape index (κ3) is 5.06. The molecule has 0 bridgehead atoms. The molecule has 1 saturated heterocycles. The topological polar surface area (TPSA) is 67.4 Å². The predicted molar refractivity (Wildman–Crippen MR) is 64.6 cm³/mol. The summed E-state index contributed by atoms with van der Waals surface area (Å²) in [5.41, 5.74) is 0. The van der Waals surface area contributed by atoms with E-state index in [-0.39, 0.29) is 24.1 Å². The van der Waals surface area contributed by atoms with Gasteiger partial charge < -0.3 is 15.4 Å². The number of rotatable bonds is 7. The first-order chi connectivity index (χ1) is 8.13. The molecule has 17 heavy (non-hydrogen) atoms. The molecule has 1 heterocycles. The van der Waals surface area contributed by atoms with Gasteiger partial charge in [0.05, 0.1) is 12.6 Å². The summed E-state index contributed by atoms with van der Waals surface area (Å²) in [6.07, 6.45) is 4.38. The summed E-state index contributed by atoms with van der Waals surface area (Å²) in [5, 5.41) is 5.71. The van der Waals surface area contributed by atoms with Crippen molar-refractivity contribution in [3.8, 4) is 0 Å². The maximum absolute atomic E-state index is 11.0. The fourth-order valence-corrected chi connectivity index (χ4v) is 1.90. The van der Waals surface area contributed by atoms with Gasteiger partial charge in [0.15, 0.2) is 0 Å². The minimum absolute atomic E-state index is 0.0700. The Bertz CT molecular complexity index is 268. The van der Waals surface area contributed by atoms with Gasteiger partial charge in [-0.25, -0.2) is 4.79 Å². The third-order valence-corrected chi connectivity index (χ3v) is 2.99. The molecule has 1 aliphatic heterocycles. The van der Waals surface area contributed by atoms with Gasteiger partial charge >= 0.3 is 12.0 Å². The molecule has 2 atom stereocenters. The van der Waals surface area contributed by atoms with Crippen molar-refractivity contribution in [2.24, 2.45) is 0 Å². The monoisotopic (exact) mass is 242 g/mol. The molecule has 0 aromatic heterocycles. The van der Waals surface area contributed by atoms with Crippen molar-refractivity contribution in [2.75, 3.05) is 6.61 Å². The summed E-state index contributed by atoms with van der Waals surface area (Å²) in [6.45, 7) is 4.31. The van der Waals surface area contributed by atoms with Crippen LogP contribution in [0.25, 0.3) is 0 Å². The summed E-state index contributed by atoms with van der Waals surface area (Å²) in [4.78, 5) is 21.9. The van der Waals surface area contributed by atoms with Crippen LogP contribution in [0.5, 0.6) is 0 Å². The molecular formula is C12H22N2O3. The van der Waals surface area contributed by atoms with Crippen LogP contribution in [0.3, 0.4) is 0 Å². The predicted octanol–water partition coefficient (Wildman–Crippen LogP) is 1.57. The van der Waals surface area contributed by atoms with Crippen molar-refractivity contribution < 1.29 is 14.3 Å². The lowest BCUT2D eigenvalue weighted by Crippen LogP contribution is -2.30. The Morgan fingerprint density at radius 2 is 2.06 bits per heavy atom. The fourth-order valence-electron chi connectivity index (χ4n) is 1.90. The van der Waals surface area contributed by atoms with Crippen LogP contribution in [0.2, 0.25) is 0 Å². The minimum atomic E-state index is -0.133. The van der Waals surface area contributed by atoms with E-state index in [2.05, 4.69) is 10.6 Å². The molecule has 1 aliphatic rings. The van der Waals surface area contributed by atoms with E-state index in [4.69, 9.17) is 4.74 Å². The summed E-state index contributed by atoms with van der Waals surface area (Å²) in [5.74, 6) is -0.133. The first kappa shape index (κ1) is 13.8. The Morgan fingerprint density at radius 3 is 2.65 bits per heavy atom. The van der Waals surface area contributed by atoms with Gasteiger partial charge in [-0.2, -0.15) is 0 Å². The molecule has 0 radical (unpaired) electrons. The number of carbonyl (C=O) groups excluding carboxylic acids is 2. The van der Waals surface area contributed by atoms with Crippen LogP contribution in [0.15, 0.2) is 0 Å². The molecule has 98 valence electrons. The molecule has 0 aromatic rings. The van der Waals surface area contributed by atoms with Gasteiger partial charge in [-0.3, -0.25) is 4.79 Å². The second-order valence-electron chi connectivity index (χ2n) is 4.44. The highest BCUT2D eigenvalue weighted by Gasteiger charge is 2.26. The zero-order valence-electron chi connectivity index (χ0n) is 10.6. The third-order valence-electron chi connectivity index (χ3n) is 2.99. The fraction of sp³-hybridized carbons (Fsp3) is 0.833. The first-order valence-corrected chi connectivity index (χ1v) is 6.36. The van der Waals surface area contributed by atoms with Crippen molar-refractivity contribution in [1.29, 1.82) is 0 Å². The Kier molecular flexibility index (Phi) is 5.80. The van der Waals surface area contributed by atoms with Gasteiger partial charge in [0, 0.05) is 12.5 Å². The summed E-state index contributed by atoms with van der Waals surface area (Å²) in [7, 11) is 0. The molecule has 0 unspecified atom stereocenters. The number of urea groups is 1. The molecule has 1 rings (SSSR count). The van der Waals surface area contributed by atoms with Crippen molar-refractivity contribution in [1.82, 2.24) is 10.6 Å². The average molecular weight is 242 g/mol. The van der Waals surface area contributed by atoms with Gasteiger partial charge in [0.25, 0.3) is 0 Å². The van der Waals surface area contributed by atoms with E-state index in [1.807, 2.05) is 6.92 Å². The van der Waals surface area contributed by atoms with Crippen LogP contribution >= 0.6 is 0 Å². The minimum Gasteiger partial charge on any atom is -0.466 e. The molecule has 5 heteroatoms. The van der Waals surface area contributed by atoms with E-state index in [9.17, 15) is 9.59 Å². The Labute approximate surface area is 102 Å². The maximum atomic E-state index is 11.0. The lowest BCUT2D eigenvalue weighted by atomic mass is 10.0. The molecule has 0 saturated carbocycles. The van der Waals surface area contributed by atoms with Gasteiger partial charge in [-0.1, -0.05) is 13.3 Å². The van der Waals surface area contributed by atoms with Crippen LogP contribution in [0, 0.1) is 0 Å². The number of amides is 2. The van der Waals surface area contributed by atoms with E-state index < -0.39 is 0 Å². The lowest BCUT2D eigenvalue weighted by molar-refractivity contribution is -0.143. The SMILES string of the molecule is CCC(=O)OCCCCC[C@H]1NC(=O)N[C@H]1C. The zero-order chi connectivity index (χ0) is 12.7. The molecule has 1 fully saturated rings. The molecular weight excluding hydrogens is 220 g/mol. The van der Waals surface area contributed by atoms with Gasteiger partial charge in [0.1, 0.15) is 0 Å². The van der Waals surface area contributed by atoms with Gasteiger partial charge in [-0.15, -0.1) is 0 Å². The van der Waals surface area contributed by atoms with E-state index in [1.165, 1.54) is 0 Å². The Hall–Kier alpha value is -1.26. The van der Waals surface area contributed by atoms with Crippen molar-refractivity contribution in [2.45, 2.75) is 58.0 Å². The van der Waals surface area contributed by atoms with E-state index in [1.54, 1.807) is 6.92 Å². The molecule has 5 nitrogen and oxygen atoms in total. The number of unbranched alkanes of at least 4 members (excludes halogenated alkanes) is 2. The van der Waals surface area contributed by atoms with E-state index in [0.717, 1.165) is 25.7 Å². The van der Waals surface area contributed by atoms with Crippen LogP contribution in [-0.4, -0.2) is 30.7 Å². The molecule has 0 aliphatic carbocycles. The van der Waals surface area contributed by atoms with Crippen molar-refractivity contribution in [3.05, 3.63) is 0 Å². The number of esters is 1. The highest BCUT2D eigenvalue weighted by molar-refractivity contribution is 5.77. The number of hydrogen-bond donors (Lipinski definition) is 2.